The molecular weight excluding hydrogens is 494 g/mol. The van der Waals surface area contributed by atoms with Crippen molar-refractivity contribution in [2.24, 2.45) is 0 Å². The highest BCUT2D eigenvalue weighted by molar-refractivity contribution is 6.02. The summed E-state index contributed by atoms with van der Waals surface area (Å²) in [5, 5.41) is 11.6. The Kier molecular flexibility index (Phi) is 7.76. The van der Waals surface area contributed by atoms with E-state index in [1.165, 1.54) is 4.90 Å². The standard InChI is InChI=1S/C30H33N5O4/c1-20-12-14-22(15-13-20)35(28(36)19-34-26-11-7-6-10-25(26)32-33-34)29(30(37)31-21-8-4-5-9-21)24-18-23(38-2)16-17-27(24)39-3/h6-7,10-18,21,29H,4-5,8-9,19H2,1-3H3,(H,31,37)/t29-/m1/s1. The number of rotatable bonds is 9. The number of benzene rings is 3. The largest absolute Gasteiger partial charge is 0.497 e. The fraction of sp³-hybridized carbons (Fsp3) is 0.333. The Morgan fingerprint density at radius 2 is 1.77 bits per heavy atom. The number of hydrogen-bond acceptors (Lipinski definition) is 6. The van der Waals surface area contributed by atoms with Crippen LogP contribution in [-0.4, -0.2) is 47.1 Å². The van der Waals surface area contributed by atoms with Gasteiger partial charge < -0.3 is 14.8 Å². The van der Waals surface area contributed by atoms with Gasteiger partial charge in [0.1, 0.15) is 29.6 Å². The van der Waals surface area contributed by atoms with Crippen LogP contribution < -0.4 is 19.7 Å². The molecule has 0 unspecified atom stereocenters. The van der Waals surface area contributed by atoms with Gasteiger partial charge in [0.2, 0.25) is 11.8 Å². The number of nitrogens with zero attached hydrogens (tertiary/aromatic N) is 4. The van der Waals surface area contributed by atoms with Crippen LogP contribution in [0.4, 0.5) is 5.69 Å². The van der Waals surface area contributed by atoms with Gasteiger partial charge in [-0.15, -0.1) is 5.10 Å². The van der Waals surface area contributed by atoms with Crippen molar-refractivity contribution in [3.8, 4) is 11.5 Å². The Balaban J connectivity index is 1.63. The van der Waals surface area contributed by atoms with Gasteiger partial charge in [0.05, 0.1) is 19.7 Å². The molecule has 5 rings (SSSR count). The molecule has 0 radical (unpaired) electrons. The molecule has 202 valence electrons. The summed E-state index contributed by atoms with van der Waals surface area (Å²) >= 11 is 0. The summed E-state index contributed by atoms with van der Waals surface area (Å²) in [5.74, 6) is 0.457. The Labute approximate surface area is 227 Å². The van der Waals surface area contributed by atoms with E-state index < -0.39 is 6.04 Å². The molecule has 0 spiro atoms. The Hall–Kier alpha value is -4.40. The lowest BCUT2D eigenvalue weighted by Gasteiger charge is -2.33. The first-order valence-corrected chi connectivity index (χ1v) is 13.2. The smallest absolute Gasteiger partial charge is 0.249 e. The van der Waals surface area contributed by atoms with Crippen LogP contribution in [0.3, 0.4) is 0 Å². The highest BCUT2D eigenvalue weighted by atomic mass is 16.5. The monoisotopic (exact) mass is 527 g/mol. The second kappa shape index (κ2) is 11.6. The Morgan fingerprint density at radius 1 is 1.03 bits per heavy atom. The van der Waals surface area contributed by atoms with E-state index in [0.717, 1.165) is 36.8 Å². The second-order valence-electron chi connectivity index (χ2n) is 9.84. The van der Waals surface area contributed by atoms with Gasteiger partial charge in [-0.05, 0) is 62.2 Å². The van der Waals surface area contributed by atoms with Crippen LogP contribution in [-0.2, 0) is 16.1 Å². The van der Waals surface area contributed by atoms with Crippen molar-refractivity contribution in [2.75, 3.05) is 19.1 Å². The highest BCUT2D eigenvalue weighted by Crippen LogP contribution is 2.37. The van der Waals surface area contributed by atoms with Crippen molar-refractivity contribution < 1.29 is 19.1 Å². The minimum absolute atomic E-state index is 0.0610. The molecule has 0 saturated heterocycles. The van der Waals surface area contributed by atoms with Gasteiger partial charge in [-0.3, -0.25) is 14.5 Å². The molecule has 1 heterocycles. The molecule has 1 aromatic heterocycles. The van der Waals surface area contributed by atoms with Crippen LogP contribution in [0, 0.1) is 6.92 Å². The number of hydrogen-bond donors (Lipinski definition) is 1. The number of anilines is 1. The Morgan fingerprint density at radius 3 is 2.49 bits per heavy atom. The summed E-state index contributed by atoms with van der Waals surface area (Å²) in [7, 11) is 3.12. The average Bonchev–Trinajstić information content (AvgIpc) is 3.62. The maximum absolute atomic E-state index is 14.2. The summed E-state index contributed by atoms with van der Waals surface area (Å²) in [5.41, 5.74) is 3.59. The third kappa shape index (κ3) is 5.57. The van der Waals surface area contributed by atoms with Crippen LogP contribution >= 0.6 is 0 Å². The van der Waals surface area contributed by atoms with E-state index in [9.17, 15) is 9.59 Å². The maximum atomic E-state index is 14.2. The molecule has 1 atom stereocenters. The number of carbonyl (C=O) groups is 2. The van der Waals surface area contributed by atoms with Crippen molar-refractivity contribution in [1.82, 2.24) is 20.3 Å². The zero-order chi connectivity index (χ0) is 27.4. The first-order valence-electron chi connectivity index (χ1n) is 13.2. The minimum atomic E-state index is -1.01. The van der Waals surface area contributed by atoms with E-state index in [1.54, 1.807) is 37.1 Å². The number of carbonyl (C=O) groups excluding carboxylic acids is 2. The van der Waals surface area contributed by atoms with Crippen LogP contribution in [0.5, 0.6) is 11.5 Å². The van der Waals surface area contributed by atoms with Gasteiger partial charge in [-0.2, -0.15) is 0 Å². The summed E-state index contributed by atoms with van der Waals surface area (Å²) < 4.78 is 12.8. The normalized spacial score (nSPS) is 14.2. The minimum Gasteiger partial charge on any atom is -0.497 e. The molecule has 1 N–H and O–H groups in total. The summed E-state index contributed by atoms with van der Waals surface area (Å²) in [4.78, 5) is 29.9. The van der Waals surface area contributed by atoms with E-state index in [1.807, 2.05) is 55.5 Å². The van der Waals surface area contributed by atoms with E-state index in [2.05, 4.69) is 15.6 Å². The van der Waals surface area contributed by atoms with E-state index in [0.29, 0.717) is 28.3 Å². The lowest BCUT2D eigenvalue weighted by Crippen LogP contribution is -2.47. The number of aromatic nitrogens is 3. The van der Waals surface area contributed by atoms with Gasteiger partial charge in [0.15, 0.2) is 0 Å². The molecule has 4 aromatic rings. The van der Waals surface area contributed by atoms with Crippen molar-refractivity contribution >= 4 is 28.5 Å². The van der Waals surface area contributed by atoms with Crippen molar-refractivity contribution in [3.63, 3.8) is 0 Å². The van der Waals surface area contributed by atoms with Gasteiger partial charge in [-0.1, -0.05) is 47.9 Å². The highest BCUT2D eigenvalue weighted by Gasteiger charge is 2.36. The first kappa shape index (κ1) is 26.2. The van der Waals surface area contributed by atoms with Crippen molar-refractivity contribution in [1.29, 1.82) is 0 Å². The van der Waals surface area contributed by atoms with Gasteiger partial charge in [-0.25, -0.2) is 4.68 Å². The summed E-state index contributed by atoms with van der Waals surface area (Å²) in [6.07, 6.45) is 3.96. The second-order valence-corrected chi connectivity index (χ2v) is 9.84. The fourth-order valence-electron chi connectivity index (χ4n) is 5.18. The predicted molar refractivity (Wildman–Crippen MR) is 149 cm³/mol. The SMILES string of the molecule is COc1ccc(OC)c([C@H](C(=O)NC2CCCC2)N(C(=O)Cn2nnc3ccccc32)c2ccc(C)cc2)c1. The van der Waals surface area contributed by atoms with E-state index >= 15 is 0 Å². The van der Waals surface area contributed by atoms with Gasteiger partial charge in [0.25, 0.3) is 0 Å². The molecule has 39 heavy (non-hydrogen) atoms. The molecule has 0 aliphatic heterocycles. The number of nitrogens with one attached hydrogen (secondary N) is 1. The number of amides is 2. The zero-order valence-electron chi connectivity index (χ0n) is 22.5. The van der Waals surface area contributed by atoms with Crippen molar-refractivity contribution in [3.05, 3.63) is 77.9 Å². The molecule has 1 saturated carbocycles. The zero-order valence-corrected chi connectivity index (χ0v) is 22.5. The number of methoxy groups -OCH3 is 2. The molecule has 0 bridgehead atoms. The lowest BCUT2D eigenvalue weighted by atomic mass is 10.00. The Bertz CT molecular complexity index is 1460. The van der Waals surface area contributed by atoms with Gasteiger partial charge >= 0.3 is 0 Å². The fourth-order valence-corrected chi connectivity index (χ4v) is 5.18. The number of para-hydroxylation sites is 1. The summed E-state index contributed by atoms with van der Waals surface area (Å²) in [6, 6.07) is 19.4. The molecule has 1 aliphatic rings. The quantitative estimate of drug-likeness (QED) is 0.342. The number of aryl methyl sites for hydroxylation is 1. The van der Waals surface area contributed by atoms with Crippen LogP contribution in [0.1, 0.15) is 42.9 Å². The molecule has 2 amide bonds. The third-order valence-corrected chi connectivity index (χ3v) is 7.23. The van der Waals surface area contributed by atoms with Crippen LogP contribution in [0.15, 0.2) is 66.7 Å². The van der Waals surface area contributed by atoms with Crippen LogP contribution in [0.25, 0.3) is 11.0 Å². The maximum Gasteiger partial charge on any atom is 0.249 e. The van der Waals surface area contributed by atoms with E-state index in [-0.39, 0.29) is 24.4 Å². The first-order chi connectivity index (χ1) is 19.0. The molecule has 9 nitrogen and oxygen atoms in total. The number of ether oxygens (including phenoxy) is 2. The lowest BCUT2D eigenvalue weighted by molar-refractivity contribution is -0.127. The van der Waals surface area contributed by atoms with Crippen molar-refractivity contribution in [2.45, 2.75) is 51.2 Å². The molecule has 1 aliphatic carbocycles. The predicted octanol–water partition coefficient (Wildman–Crippen LogP) is 4.59. The third-order valence-electron chi connectivity index (χ3n) is 7.23. The number of fused-ring (bicyclic) bond motifs is 1. The van der Waals surface area contributed by atoms with Crippen LogP contribution in [0.2, 0.25) is 0 Å². The molecule has 3 aromatic carbocycles. The van der Waals surface area contributed by atoms with E-state index in [4.69, 9.17) is 9.47 Å². The molecule has 9 heteroatoms. The molecule has 1 fully saturated rings. The molecular formula is C30H33N5O4. The van der Waals surface area contributed by atoms with Gasteiger partial charge in [0, 0.05) is 17.3 Å². The average molecular weight is 528 g/mol. The summed E-state index contributed by atoms with van der Waals surface area (Å²) in [6.45, 7) is 1.88. The topological polar surface area (TPSA) is 98.6 Å².